The zero-order valence-electron chi connectivity index (χ0n) is 6.11. The molecule has 4 nitrogen and oxygen atoms in total. The van der Waals surface area contributed by atoms with Crippen molar-refractivity contribution in [1.29, 1.82) is 5.41 Å². The molecule has 4 heteroatoms. The second-order valence-corrected chi connectivity index (χ2v) is 2.06. The molecule has 0 spiro atoms. The quantitative estimate of drug-likeness (QED) is 0.227. The maximum absolute atomic E-state index is 10.6. The first-order valence-electron chi connectivity index (χ1n) is 3.30. The number of unbranched alkanes of at least 4 members (excludes halogenated alkanes) is 1. The van der Waals surface area contributed by atoms with Gasteiger partial charge in [-0.25, -0.2) is 5.84 Å². The molecule has 0 fully saturated rings. The van der Waals surface area contributed by atoms with Crippen LogP contribution in [0.1, 0.15) is 26.2 Å². The summed E-state index contributed by atoms with van der Waals surface area (Å²) in [5.74, 6) is 4.33. The number of hydrazine groups is 1. The van der Waals surface area contributed by atoms with Crippen molar-refractivity contribution >= 4 is 11.6 Å². The molecule has 0 aliphatic heterocycles. The number of nitrogens with one attached hydrogen (secondary N) is 2. The van der Waals surface area contributed by atoms with E-state index >= 15 is 0 Å². The van der Waals surface area contributed by atoms with Crippen molar-refractivity contribution in [1.82, 2.24) is 5.43 Å². The molecular formula is C6H13N3O. The van der Waals surface area contributed by atoms with Gasteiger partial charge in [-0.1, -0.05) is 13.3 Å². The van der Waals surface area contributed by atoms with E-state index in [2.05, 4.69) is 0 Å². The van der Waals surface area contributed by atoms with Crippen molar-refractivity contribution < 1.29 is 4.79 Å². The van der Waals surface area contributed by atoms with Gasteiger partial charge in [-0.2, -0.15) is 0 Å². The largest absolute Gasteiger partial charge is 0.300 e. The Balaban J connectivity index is 3.52. The van der Waals surface area contributed by atoms with E-state index in [1.807, 2.05) is 12.3 Å². The molecule has 0 saturated heterocycles. The molecule has 0 unspecified atom stereocenters. The van der Waals surface area contributed by atoms with Gasteiger partial charge in [0.05, 0.1) is 5.71 Å². The average Bonchev–Trinajstić information content (AvgIpc) is 1.98. The van der Waals surface area contributed by atoms with Gasteiger partial charge < -0.3 is 0 Å². The van der Waals surface area contributed by atoms with Crippen molar-refractivity contribution in [2.24, 2.45) is 5.84 Å². The van der Waals surface area contributed by atoms with Crippen LogP contribution in [0.25, 0.3) is 0 Å². The lowest BCUT2D eigenvalue weighted by Gasteiger charge is -1.98. The van der Waals surface area contributed by atoms with E-state index in [1.165, 1.54) is 0 Å². The van der Waals surface area contributed by atoms with Crippen LogP contribution in [0.15, 0.2) is 0 Å². The Morgan fingerprint density at radius 2 is 2.30 bits per heavy atom. The maximum Gasteiger partial charge on any atom is 0.278 e. The van der Waals surface area contributed by atoms with Gasteiger partial charge >= 0.3 is 0 Å². The predicted molar refractivity (Wildman–Crippen MR) is 39.6 cm³/mol. The van der Waals surface area contributed by atoms with E-state index in [9.17, 15) is 4.79 Å². The van der Waals surface area contributed by atoms with Crippen LogP contribution >= 0.6 is 0 Å². The monoisotopic (exact) mass is 143 g/mol. The molecule has 0 heterocycles. The van der Waals surface area contributed by atoms with E-state index in [1.54, 1.807) is 0 Å². The van der Waals surface area contributed by atoms with Crippen LogP contribution in [0.2, 0.25) is 0 Å². The zero-order valence-corrected chi connectivity index (χ0v) is 6.11. The van der Waals surface area contributed by atoms with Crippen molar-refractivity contribution in [2.45, 2.75) is 26.2 Å². The Morgan fingerprint density at radius 3 is 2.70 bits per heavy atom. The summed E-state index contributed by atoms with van der Waals surface area (Å²) >= 11 is 0. The lowest BCUT2D eigenvalue weighted by Crippen LogP contribution is -2.35. The molecule has 0 aromatic rings. The lowest BCUT2D eigenvalue weighted by molar-refractivity contribution is -0.115. The van der Waals surface area contributed by atoms with Crippen LogP contribution in [0.5, 0.6) is 0 Å². The van der Waals surface area contributed by atoms with Crippen LogP contribution in [-0.4, -0.2) is 11.6 Å². The SMILES string of the molecule is CCCCC(=N)C(=O)NN. The van der Waals surface area contributed by atoms with E-state index in [0.717, 1.165) is 12.8 Å². The molecule has 0 aliphatic carbocycles. The van der Waals surface area contributed by atoms with Crippen molar-refractivity contribution in [3.8, 4) is 0 Å². The Labute approximate surface area is 60.3 Å². The Morgan fingerprint density at radius 1 is 1.70 bits per heavy atom. The summed E-state index contributed by atoms with van der Waals surface area (Å²) in [6.45, 7) is 2.01. The highest BCUT2D eigenvalue weighted by atomic mass is 16.2. The molecule has 4 N–H and O–H groups in total. The fourth-order valence-electron chi connectivity index (χ4n) is 0.554. The van der Waals surface area contributed by atoms with Gasteiger partial charge in [-0.15, -0.1) is 0 Å². The standard InChI is InChI=1S/C6H13N3O/c1-2-3-4-5(7)6(10)9-8/h7H,2-4,8H2,1H3,(H,9,10). The van der Waals surface area contributed by atoms with E-state index < -0.39 is 5.91 Å². The highest BCUT2D eigenvalue weighted by Crippen LogP contribution is 1.94. The molecule has 0 aromatic carbocycles. The Kier molecular flexibility index (Phi) is 4.49. The van der Waals surface area contributed by atoms with E-state index in [4.69, 9.17) is 11.3 Å². The number of hydrogen-bond donors (Lipinski definition) is 3. The third-order valence-electron chi connectivity index (χ3n) is 1.19. The van der Waals surface area contributed by atoms with Crippen LogP contribution < -0.4 is 11.3 Å². The minimum atomic E-state index is -0.478. The van der Waals surface area contributed by atoms with Gasteiger partial charge in [0.2, 0.25) is 0 Å². The number of amides is 1. The van der Waals surface area contributed by atoms with E-state index in [0.29, 0.717) is 6.42 Å². The first kappa shape index (κ1) is 9.10. The fourth-order valence-corrected chi connectivity index (χ4v) is 0.554. The van der Waals surface area contributed by atoms with Crippen molar-refractivity contribution in [3.63, 3.8) is 0 Å². The third kappa shape index (κ3) is 3.19. The predicted octanol–water partition coefficient (Wildman–Crippen LogP) is 0.186. The normalized spacial score (nSPS) is 9.00. The summed E-state index contributed by atoms with van der Waals surface area (Å²) in [5, 5.41) is 7.11. The molecule has 1 amide bonds. The van der Waals surface area contributed by atoms with Crippen molar-refractivity contribution in [3.05, 3.63) is 0 Å². The lowest BCUT2D eigenvalue weighted by atomic mass is 10.2. The first-order chi connectivity index (χ1) is 4.72. The molecular weight excluding hydrogens is 130 g/mol. The van der Waals surface area contributed by atoms with Crippen LogP contribution in [0.3, 0.4) is 0 Å². The molecule has 58 valence electrons. The zero-order chi connectivity index (χ0) is 7.98. The summed E-state index contributed by atoms with van der Waals surface area (Å²) in [4.78, 5) is 10.6. The number of carbonyl (C=O) groups excluding carboxylic acids is 1. The summed E-state index contributed by atoms with van der Waals surface area (Å²) in [6, 6.07) is 0. The van der Waals surface area contributed by atoms with Crippen LogP contribution in [0.4, 0.5) is 0 Å². The number of rotatable bonds is 4. The second-order valence-electron chi connectivity index (χ2n) is 2.06. The van der Waals surface area contributed by atoms with Crippen LogP contribution in [0, 0.1) is 5.41 Å². The van der Waals surface area contributed by atoms with Crippen LogP contribution in [-0.2, 0) is 4.79 Å². The maximum atomic E-state index is 10.6. The first-order valence-corrected chi connectivity index (χ1v) is 3.30. The highest BCUT2D eigenvalue weighted by molar-refractivity contribution is 6.37. The molecule has 0 saturated carbocycles. The summed E-state index contributed by atoms with van der Waals surface area (Å²) in [7, 11) is 0. The van der Waals surface area contributed by atoms with Crippen molar-refractivity contribution in [2.75, 3.05) is 0 Å². The van der Waals surface area contributed by atoms with Gasteiger partial charge in [0.15, 0.2) is 0 Å². The van der Waals surface area contributed by atoms with Gasteiger partial charge in [0, 0.05) is 0 Å². The molecule has 0 bridgehead atoms. The minimum absolute atomic E-state index is 0.0596. The average molecular weight is 143 g/mol. The molecule has 0 aliphatic rings. The van der Waals surface area contributed by atoms with E-state index in [-0.39, 0.29) is 5.71 Å². The molecule has 0 aromatic heterocycles. The van der Waals surface area contributed by atoms with Gasteiger partial charge in [-0.3, -0.25) is 15.6 Å². The summed E-state index contributed by atoms with van der Waals surface area (Å²) in [5.41, 5.74) is 1.97. The smallest absolute Gasteiger partial charge is 0.278 e. The van der Waals surface area contributed by atoms with Gasteiger partial charge in [0.25, 0.3) is 5.91 Å². The number of hydrogen-bond acceptors (Lipinski definition) is 3. The number of nitrogens with two attached hydrogens (primary N) is 1. The summed E-state index contributed by atoms with van der Waals surface area (Å²) < 4.78 is 0. The highest BCUT2D eigenvalue weighted by Gasteiger charge is 2.04. The van der Waals surface area contributed by atoms with Gasteiger partial charge in [-0.05, 0) is 12.8 Å². The Bertz CT molecular complexity index is 133. The third-order valence-corrected chi connectivity index (χ3v) is 1.19. The minimum Gasteiger partial charge on any atom is -0.300 e. The molecule has 10 heavy (non-hydrogen) atoms. The Hall–Kier alpha value is -0.900. The summed E-state index contributed by atoms with van der Waals surface area (Å²) in [6.07, 6.45) is 2.37. The van der Waals surface area contributed by atoms with Gasteiger partial charge in [0.1, 0.15) is 0 Å². The second kappa shape index (κ2) is 4.93. The topological polar surface area (TPSA) is 79.0 Å². The molecule has 0 radical (unpaired) electrons. The number of carbonyl (C=O) groups is 1. The molecule has 0 rings (SSSR count). The molecule has 0 atom stereocenters. The fraction of sp³-hybridized carbons (Fsp3) is 0.667.